The summed E-state index contributed by atoms with van der Waals surface area (Å²) in [7, 11) is 0. The highest BCUT2D eigenvalue weighted by atomic mass is 16.3. The zero-order valence-electron chi connectivity index (χ0n) is 25.2. The SMILES string of the molecule is [C-]#[N+]c1cccc(-c2ccc(-n3c4ccccc4c4c5c(ccc43)oc3ccccc35)cc2)c1-n1c2ccccc2c2ccccc21. The Bertz CT molecular complexity index is 2860. The molecule has 4 heteroatoms. The molecule has 0 radical (unpaired) electrons. The molecule has 0 unspecified atom stereocenters. The summed E-state index contributed by atoms with van der Waals surface area (Å²) in [4.78, 5) is 4.01. The Kier molecular flexibility index (Phi) is 5.32. The molecule has 10 rings (SSSR count). The third-order valence-electron chi connectivity index (χ3n) is 9.55. The molecule has 3 aromatic heterocycles. The quantitative estimate of drug-likeness (QED) is 0.186. The average Bonchev–Trinajstić information content (AvgIpc) is 3.79. The Morgan fingerprint density at radius 2 is 1.06 bits per heavy atom. The van der Waals surface area contributed by atoms with Gasteiger partial charge in [0, 0.05) is 38.0 Å². The first kappa shape index (κ1) is 25.7. The lowest BCUT2D eigenvalue weighted by atomic mass is 10.0. The fourth-order valence-corrected chi connectivity index (χ4v) is 7.60. The predicted molar refractivity (Wildman–Crippen MR) is 194 cm³/mol. The normalized spacial score (nSPS) is 11.8. The highest BCUT2D eigenvalue weighted by molar-refractivity contribution is 6.27. The molecule has 3 heterocycles. The molecule has 0 bridgehead atoms. The van der Waals surface area contributed by atoms with Gasteiger partial charge in [0.15, 0.2) is 0 Å². The summed E-state index contributed by atoms with van der Waals surface area (Å²) in [6, 6.07) is 52.8. The van der Waals surface area contributed by atoms with Crippen LogP contribution >= 0.6 is 0 Å². The van der Waals surface area contributed by atoms with Gasteiger partial charge in [0.05, 0.1) is 34.3 Å². The number of fused-ring (bicyclic) bond motifs is 10. The third-order valence-corrected chi connectivity index (χ3v) is 9.55. The van der Waals surface area contributed by atoms with E-state index in [1.165, 1.54) is 21.5 Å². The van der Waals surface area contributed by atoms with Crippen LogP contribution in [0.1, 0.15) is 0 Å². The fraction of sp³-hybridized carbons (Fsp3) is 0. The first-order valence-corrected chi connectivity index (χ1v) is 15.7. The summed E-state index contributed by atoms with van der Waals surface area (Å²) in [6.07, 6.45) is 0. The summed E-state index contributed by atoms with van der Waals surface area (Å²) < 4.78 is 10.9. The van der Waals surface area contributed by atoms with Gasteiger partial charge in [-0.15, -0.1) is 0 Å². The van der Waals surface area contributed by atoms with E-state index in [4.69, 9.17) is 11.0 Å². The zero-order chi connectivity index (χ0) is 31.1. The molecule has 0 saturated heterocycles. The van der Waals surface area contributed by atoms with Crippen LogP contribution < -0.4 is 0 Å². The van der Waals surface area contributed by atoms with Crippen molar-refractivity contribution in [1.82, 2.24) is 9.13 Å². The van der Waals surface area contributed by atoms with Crippen LogP contribution in [0.15, 0.2) is 156 Å². The van der Waals surface area contributed by atoms with Crippen molar-refractivity contribution in [1.29, 1.82) is 0 Å². The van der Waals surface area contributed by atoms with E-state index in [9.17, 15) is 0 Å². The third kappa shape index (κ3) is 3.57. The van der Waals surface area contributed by atoms with E-state index in [-0.39, 0.29) is 0 Å². The van der Waals surface area contributed by atoms with Gasteiger partial charge in [-0.05, 0) is 59.7 Å². The fourth-order valence-electron chi connectivity index (χ4n) is 7.60. The van der Waals surface area contributed by atoms with Gasteiger partial charge in [0.2, 0.25) is 5.69 Å². The summed E-state index contributed by atoms with van der Waals surface area (Å²) in [5, 5.41) is 7.03. The van der Waals surface area contributed by atoms with Gasteiger partial charge >= 0.3 is 0 Å². The maximum Gasteiger partial charge on any atom is 0.211 e. The minimum Gasteiger partial charge on any atom is -0.456 e. The van der Waals surface area contributed by atoms with Crippen molar-refractivity contribution in [3.05, 3.63) is 163 Å². The Labute approximate surface area is 269 Å². The van der Waals surface area contributed by atoms with Crippen molar-refractivity contribution in [2.24, 2.45) is 0 Å². The molecular formula is C43H25N3O. The van der Waals surface area contributed by atoms with Gasteiger partial charge in [-0.1, -0.05) is 103 Å². The summed E-state index contributed by atoms with van der Waals surface area (Å²) in [6.45, 7) is 8.14. The molecule has 0 spiro atoms. The first-order valence-electron chi connectivity index (χ1n) is 15.7. The van der Waals surface area contributed by atoms with Gasteiger partial charge in [-0.2, -0.15) is 0 Å². The average molecular weight is 600 g/mol. The Hall–Kier alpha value is -6.57. The van der Waals surface area contributed by atoms with Crippen molar-refractivity contribution in [3.8, 4) is 22.5 Å². The van der Waals surface area contributed by atoms with Crippen LogP contribution in [0.25, 0.3) is 92.9 Å². The van der Waals surface area contributed by atoms with E-state index in [1.54, 1.807) is 0 Å². The molecule has 0 aliphatic rings. The smallest absolute Gasteiger partial charge is 0.211 e. The lowest BCUT2D eigenvalue weighted by Gasteiger charge is -2.17. The van der Waals surface area contributed by atoms with Crippen LogP contribution in [0.5, 0.6) is 0 Å². The molecule has 7 aromatic carbocycles. The minimum absolute atomic E-state index is 0.622. The largest absolute Gasteiger partial charge is 0.456 e. The van der Waals surface area contributed by atoms with Crippen LogP contribution in [0.2, 0.25) is 0 Å². The number of para-hydroxylation sites is 5. The molecular weight excluding hydrogens is 574 g/mol. The number of hydrogen-bond acceptors (Lipinski definition) is 1. The van der Waals surface area contributed by atoms with Gasteiger partial charge in [-0.3, -0.25) is 0 Å². The maximum absolute atomic E-state index is 8.14. The standard InChI is InChI=1S/C43H25N3O/c1-44-34-16-10-15-29(43(34)46-35-17-6-2-11-30(35)31-12-3-7-18-36(31)46)27-21-23-28(24-22-27)45-37-19-8-4-13-32(37)41-38(45)25-26-40-42(41)33-14-5-9-20-39(33)47-40/h2-26H. The monoisotopic (exact) mass is 599 g/mol. The number of hydrogen-bond donors (Lipinski definition) is 0. The van der Waals surface area contributed by atoms with Crippen LogP contribution in [-0.4, -0.2) is 9.13 Å². The molecule has 0 amide bonds. The van der Waals surface area contributed by atoms with Crippen LogP contribution in [0.4, 0.5) is 5.69 Å². The highest BCUT2D eigenvalue weighted by Crippen LogP contribution is 2.43. The zero-order valence-corrected chi connectivity index (χ0v) is 25.2. The van der Waals surface area contributed by atoms with Gasteiger partial charge in [0.1, 0.15) is 11.2 Å². The summed E-state index contributed by atoms with van der Waals surface area (Å²) >= 11 is 0. The van der Waals surface area contributed by atoms with E-state index in [1.807, 2.05) is 24.3 Å². The van der Waals surface area contributed by atoms with Gasteiger partial charge in [-0.25, -0.2) is 4.85 Å². The summed E-state index contributed by atoms with van der Waals surface area (Å²) in [5.74, 6) is 0. The van der Waals surface area contributed by atoms with Crippen LogP contribution in [0, 0.1) is 6.57 Å². The Balaban J connectivity index is 1.20. The number of benzene rings is 7. The lowest BCUT2D eigenvalue weighted by Crippen LogP contribution is -1.98. The van der Waals surface area contributed by atoms with E-state index in [2.05, 4.69) is 141 Å². The van der Waals surface area contributed by atoms with Gasteiger partial charge < -0.3 is 13.6 Å². The molecule has 0 N–H and O–H groups in total. The molecule has 0 atom stereocenters. The molecule has 47 heavy (non-hydrogen) atoms. The molecule has 0 aliphatic heterocycles. The molecule has 0 fully saturated rings. The van der Waals surface area contributed by atoms with Crippen molar-refractivity contribution < 1.29 is 4.42 Å². The van der Waals surface area contributed by atoms with E-state index < -0.39 is 0 Å². The van der Waals surface area contributed by atoms with Crippen molar-refractivity contribution >= 4 is 71.2 Å². The second-order valence-corrected chi connectivity index (χ2v) is 12.0. The minimum atomic E-state index is 0.622. The molecule has 0 aliphatic carbocycles. The molecule has 0 saturated carbocycles. The van der Waals surface area contributed by atoms with E-state index in [0.29, 0.717) is 5.69 Å². The number of nitrogens with zero attached hydrogens (tertiary/aromatic N) is 3. The number of aromatic nitrogens is 2. The predicted octanol–water partition coefficient (Wildman–Crippen LogP) is 12.0. The van der Waals surface area contributed by atoms with Crippen molar-refractivity contribution in [2.45, 2.75) is 0 Å². The molecule has 218 valence electrons. The second-order valence-electron chi connectivity index (χ2n) is 12.0. The number of furan rings is 1. The van der Waals surface area contributed by atoms with Gasteiger partial charge in [0.25, 0.3) is 0 Å². The Morgan fingerprint density at radius 3 is 1.77 bits per heavy atom. The topological polar surface area (TPSA) is 27.4 Å². The van der Waals surface area contributed by atoms with E-state index >= 15 is 0 Å². The van der Waals surface area contributed by atoms with Crippen molar-refractivity contribution in [3.63, 3.8) is 0 Å². The highest BCUT2D eigenvalue weighted by Gasteiger charge is 2.20. The number of rotatable bonds is 3. The maximum atomic E-state index is 8.14. The van der Waals surface area contributed by atoms with Crippen LogP contribution in [-0.2, 0) is 0 Å². The Morgan fingerprint density at radius 1 is 0.447 bits per heavy atom. The van der Waals surface area contributed by atoms with Crippen molar-refractivity contribution in [2.75, 3.05) is 0 Å². The first-order chi connectivity index (χ1) is 23.3. The van der Waals surface area contributed by atoms with Crippen LogP contribution in [0.3, 0.4) is 0 Å². The lowest BCUT2D eigenvalue weighted by molar-refractivity contribution is 0.669. The van der Waals surface area contributed by atoms with E-state index in [0.717, 1.165) is 66.5 Å². The summed E-state index contributed by atoms with van der Waals surface area (Å²) in [5.41, 5.74) is 10.9. The molecule has 4 nitrogen and oxygen atoms in total. The molecule has 10 aromatic rings. The second kappa shape index (κ2) is 9.71.